The summed E-state index contributed by atoms with van der Waals surface area (Å²) in [5, 5.41) is 3.69. The quantitative estimate of drug-likeness (QED) is 0.374. The van der Waals surface area contributed by atoms with E-state index in [0.29, 0.717) is 27.9 Å². The van der Waals surface area contributed by atoms with Crippen LogP contribution in [0.5, 0.6) is 5.75 Å². The molecule has 0 radical (unpaired) electrons. The summed E-state index contributed by atoms with van der Waals surface area (Å²) in [4.78, 5) is 28.2. The number of hydrogen-bond acceptors (Lipinski definition) is 5. The molecule has 1 N–H and O–H groups in total. The molecule has 8 nitrogen and oxygen atoms in total. The van der Waals surface area contributed by atoms with Gasteiger partial charge in [0.05, 0.1) is 24.1 Å². The van der Waals surface area contributed by atoms with Gasteiger partial charge in [-0.1, -0.05) is 61.6 Å². The van der Waals surface area contributed by atoms with Gasteiger partial charge in [-0.15, -0.1) is 0 Å². The van der Waals surface area contributed by atoms with Crippen LogP contribution in [0.1, 0.15) is 32.8 Å². The zero-order valence-corrected chi connectivity index (χ0v) is 24.5. The third-order valence-corrected chi connectivity index (χ3v) is 7.71. The van der Waals surface area contributed by atoms with Crippen LogP contribution < -0.4 is 14.4 Å². The Bertz CT molecular complexity index is 1200. The molecule has 204 valence electrons. The molecule has 0 aliphatic heterocycles. The molecule has 2 aromatic rings. The van der Waals surface area contributed by atoms with Crippen LogP contribution in [0.25, 0.3) is 0 Å². The zero-order chi connectivity index (χ0) is 27.9. The van der Waals surface area contributed by atoms with Crippen LogP contribution in [0, 0.1) is 5.92 Å². The van der Waals surface area contributed by atoms with Crippen LogP contribution in [-0.2, 0) is 26.2 Å². The molecule has 0 aliphatic rings. The van der Waals surface area contributed by atoms with Gasteiger partial charge >= 0.3 is 0 Å². The van der Waals surface area contributed by atoms with E-state index in [9.17, 15) is 18.0 Å². The smallest absolute Gasteiger partial charge is 0.244 e. The van der Waals surface area contributed by atoms with Gasteiger partial charge in [0.2, 0.25) is 21.8 Å². The average Bonchev–Trinajstić information content (AvgIpc) is 2.81. The normalized spacial score (nSPS) is 12.2. The van der Waals surface area contributed by atoms with E-state index in [1.165, 1.54) is 30.2 Å². The number of amides is 2. The molecule has 2 amide bonds. The average molecular weight is 593 g/mol. The third-order valence-electron chi connectivity index (χ3n) is 5.56. The lowest BCUT2D eigenvalue weighted by molar-refractivity contribution is -0.140. The number of ether oxygens (including phenoxy) is 1. The standard InChI is InChI=1S/C25H32Cl3N3O5S/c1-6-22(25(33)29-13-16(2)3)30(14-18-19(26)8-7-9-20(18)27)24(32)15-31(37(5,34)35)17-10-11-23(36-4)21(28)12-17/h7-12,16,22H,6,13-15H2,1-5H3,(H,29,33). The van der Waals surface area contributed by atoms with Gasteiger partial charge in [-0.2, -0.15) is 0 Å². The van der Waals surface area contributed by atoms with Gasteiger partial charge in [0.15, 0.2) is 0 Å². The number of rotatable bonds is 12. The van der Waals surface area contributed by atoms with E-state index < -0.39 is 28.5 Å². The van der Waals surface area contributed by atoms with Crippen molar-refractivity contribution in [2.45, 2.75) is 39.8 Å². The highest BCUT2D eigenvalue weighted by Gasteiger charge is 2.32. The van der Waals surface area contributed by atoms with Crippen molar-refractivity contribution in [3.05, 3.63) is 57.0 Å². The summed E-state index contributed by atoms with van der Waals surface area (Å²) in [7, 11) is -2.48. The lowest BCUT2D eigenvalue weighted by atomic mass is 10.1. The van der Waals surface area contributed by atoms with Crippen molar-refractivity contribution in [2.75, 3.05) is 30.8 Å². The predicted octanol–water partition coefficient (Wildman–Crippen LogP) is 5.00. The van der Waals surface area contributed by atoms with Crippen molar-refractivity contribution in [3.63, 3.8) is 0 Å². The minimum atomic E-state index is -3.91. The number of carbonyl (C=O) groups excluding carboxylic acids is 2. The second kappa shape index (κ2) is 13.6. The highest BCUT2D eigenvalue weighted by atomic mass is 35.5. The topological polar surface area (TPSA) is 96.0 Å². The highest BCUT2D eigenvalue weighted by molar-refractivity contribution is 7.92. The van der Waals surface area contributed by atoms with E-state index in [1.54, 1.807) is 25.1 Å². The summed E-state index contributed by atoms with van der Waals surface area (Å²) in [5.41, 5.74) is 0.627. The van der Waals surface area contributed by atoms with Crippen LogP contribution in [0.4, 0.5) is 5.69 Å². The number of methoxy groups -OCH3 is 1. The van der Waals surface area contributed by atoms with Crippen LogP contribution in [-0.4, -0.2) is 57.6 Å². The molecule has 0 heterocycles. The molecule has 2 aromatic carbocycles. The van der Waals surface area contributed by atoms with E-state index in [-0.39, 0.29) is 35.5 Å². The van der Waals surface area contributed by atoms with Gasteiger partial charge in [-0.3, -0.25) is 13.9 Å². The lowest BCUT2D eigenvalue weighted by Gasteiger charge is -2.33. The molecule has 0 spiro atoms. The van der Waals surface area contributed by atoms with Crippen LogP contribution in [0.15, 0.2) is 36.4 Å². The van der Waals surface area contributed by atoms with Crippen molar-refractivity contribution in [1.29, 1.82) is 0 Å². The van der Waals surface area contributed by atoms with Crippen LogP contribution in [0.2, 0.25) is 15.1 Å². The Morgan fingerprint density at radius 1 is 1.05 bits per heavy atom. The van der Waals surface area contributed by atoms with Gasteiger partial charge in [0.1, 0.15) is 18.3 Å². The molecular formula is C25H32Cl3N3O5S. The third kappa shape index (κ3) is 8.40. The first-order chi connectivity index (χ1) is 17.3. The van der Waals surface area contributed by atoms with Crippen molar-refractivity contribution in [3.8, 4) is 5.75 Å². The first-order valence-electron chi connectivity index (χ1n) is 11.6. The van der Waals surface area contributed by atoms with Crippen molar-refractivity contribution in [2.24, 2.45) is 5.92 Å². The number of benzene rings is 2. The molecular weight excluding hydrogens is 561 g/mol. The Balaban J connectivity index is 2.51. The molecule has 2 rings (SSSR count). The van der Waals surface area contributed by atoms with E-state index in [2.05, 4.69) is 5.32 Å². The maximum Gasteiger partial charge on any atom is 0.244 e. The number of halogens is 3. The molecule has 0 fully saturated rings. The summed E-state index contributed by atoms with van der Waals surface area (Å²) in [6.45, 7) is 5.44. The minimum absolute atomic E-state index is 0.0914. The summed E-state index contributed by atoms with van der Waals surface area (Å²) in [6.07, 6.45) is 1.27. The Morgan fingerprint density at radius 3 is 2.16 bits per heavy atom. The fourth-order valence-electron chi connectivity index (χ4n) is 3.62. The fourth-order valence-corrected chi connectivity index (χ4v) is 5.23. The maximum atomic E-state index is 13.7. The van der Waals surface area contributed by atoms with Gasteiger partial charge in [-0.05, 0) is 42.7 Å². The van der Waals surface area contributed by atoms with Gasteiger partial charge in [-0.25, -0.2) is 8.42 Å². The monoisotopic (exact) mass is 591 g/mol. The summed E-state index contributed by atoms with van der Waals surface area (Å²) in [5.74, 6) is -0.414. The van der Waals surface area contributed by atoms with E-state index >= 15 is 0 Å². The SMILES string of the molecule is CCC(C(=O)NCC(C)C)N(Cc1c(Cl)cccc1Cl)C(=O)CN(c1ccc(OC)c(Cl)c1)S(C)(=O)=O. The van der Waals surface area contributed by atoms with Gasteiger partial charge in [0.25, 0.3) is 0 Å². The molecule has 1 atom stereocenters. The number of anilines is 1. The molecule has 0 aromatic heterocycles. The molecule has 37 heavy (non-hydrogen) atoms. The van der Waals surface area contributed by atoms with E-state index in [4.69, 9.17) is 39.5 Å². The van der Waals surface area contributed by atoms with Gasteiger partial charge < -0.3 is 15.0 Å². The number of hydrogen-bond donors (Lipinski definition) is 1. The summed E-state index contributed by atoms with van der Waals surface area (Å²) >= 11 is 19.0. The van der Waals surface area contributed by atoms with Crippen molar-refractivity contribution >= 4 is 62.3 Å². The van der Waals surface area contributed by atoms with Crippen molar-refractivity contribution in [1.82, 2.24) is 10.2 Å². The maximum absolute atomic E-state index is 13.7. The zero-order valence-electron chi connectivity index (χ0n) is 21.4. The number of nitrogens with one attached hydrogen (secondary N) is 1. The van der Waals surface area contributed by atoms with Crippen LogP contribution >= 0.6 is 34.8 Å². The highest BCUT2D eigenvalue weighted by Crippen LogP contribution is 2.31. The lowest BCUT2D eigenvalue weighted by Crippen LogP contribution is -2.52. The number of nitrogens with zero attached hydrogens (tertiary/aromatic N) is 2. The van der Waals surface area contributed by atoms with E-state index in [0.717, 1.165) is 10.6 Å². The second-order valence-electron chi connectivity index (χ2n) is 8.87. The first-order valence-corrected chi connectivity index (χ1v) is 14.6. The molecule has 12 heteroatoms. The molecule has 0 bridgehead atoms. The number of carbonyl (C=O) groups is 2. The minimum Gasteiger partial charge on any atom is -0.495 e. The first kappa shape index (κ1) is 31.0. The Labute approximate surface area is 233 Å². The molecule has 1 unspecified atom stereocenters. The fraction of sp³-hybridized carbons (Fsp3) is 0.440. The molecule has 0 aliphatic carbocycles. The summed E-state index contributed by atoms with van der Waals surface area (Å²) in [6, 6.07) is 8.44. The Kier molecular flexibility index (Phi) is 11.4. The van der Waals surface area contributed by atoms with Crippen LogP contribution in [0.3, 0.4) is 0 Å². The Hall–Kier alpha value is -2.20. The summed E-state index contributed by atoms with van der Waals surface area (Å²) < 4.78 is 31.5. The molecule has 0 saturated heterocycles. The second-order valence-corrected chi connectivity index (χ2v) is 12.0. The van der Waals surface area contributed by atoms with E-state index in [1.807, 2.05) is 13.8 Å². The Morgan fingerprint density at radius 2 is 1.68 bits per heavy atom. The molecule has 0 saturated carbocycles. The number of sulfonamides is 1. The van der Waals surface area contributed by atoms with Gasteiger partial charge in [0, 0.05) is 28.7 Å². The predicted molar refractivity (Wildman–Crippen MR) is 149 cm³/mol. The largest absolute Gasteiger partial charge is 0.495 e. The van der Waals surface area contributed by atoms with Crippen molar-refractivity contribution < 1.29 is 22.7 Å².